The number of hydrogen-bond acceptors (Lipinski definition) is 5. The summed E-state index contributed by atoms with van der Waals surface area (Å²) in [6.45, 7) is 3.62. The molecule has 0 spiro atoms. The standard InChI is InChI=1S/C28H34N4O3/c1-34-26-12-11-21(18-27(26)35-2)24(10-7-14-30-17-13-29-20-30)32-19-23-22(28(32)33)8-6-9-25(23)31-15-4-3-5-16-31/h6,8-9,11-13,17-18,20,24H,3-5,7,10,14-16,19H2,1-2H3/t24-/m1/s1. The van der Waals surface area contributed by atoms with E-state index in [2.05, 4.69) is 26.6 Å². The third-order valence-corrected chi connectivity index (χ3v) is 7.29. The van der Waals surface area contributed by atoms with Gasteiger partial charge < -0.3 is 23.8 Å². The molecule has 0 radical (unpaired) electrons. The molecule has 2 aliphatic rings. The predicted molar refractivity (Wildman–Crippen MR) is 136 cm³/mol. The summed E-state index contributed by atoms with van der Waals surface area (Å²) in [5.41, 5.74) is 4.30. The van der Waals surface area contributed by atoms with Crippen molar-refractivity contribution >= 4 is 11.6 Å². The highest BCUT2D eigenvalue weighted by molar-refractivity contribution is 6.00. The lowest BCUT2D eigenvalue weighted by molar-refractivity contribution is 0.0688. The van der Waals surface area contributed by atoms with Gasteiger partial charge in [0.25, 0.3) is 5.91 Å². The quantitative estimate of drug-likeness (QED) is 0.433. The van der Waals surface area contributed by atoms with Crippen LogP contribution >= 0.6 is 0 Å². The van der Waals surface area contributed by atoms with E-state index in [0.717, 1.165) is 43.6 Å². The second kappa shape index (κ2) is 10.4. The van der Waals surface area contributed by atoms with Crippen LogP contribution in [0.5, 0.6) is 11.5 Å². The van der Waals surface area contributed by atoms with Crippen molar-refractivity contribution in [3.8, 4) is 11.5 Å². The normalized spacial score (nSPS) is 16.3. The molecule has 1 atom stereocenters. The first-order valence-electron chi connectivity index (χ1n) is 12.5. The maximum Gasteiger partial charge on any atom is 0.255 e. The fourth-order valence-corrected chi connectivity index (χ4v) is 5.47. The van der Waals surface area contributed by atoms with Crippen LogP contribution in [0.4, 0.5) is 5.69 Å². The van der Waals surface area contributed by atoms with Crippen molar-refractivity contribution in [2.75, 3.05) is 32.2 Å². The first-order chi connectivity index (χ1) is 17.2. The van der Waals surface area contributed by atoms with Gasteiger partial charge in [0.15, 0.2) is 11.5 Å². The fraction of sp³-hybridized carbons (Fsp3) is 0.429. The van der Waals surface area contributed by atoms with E-state index in [1.807, 2.05) is 41.7 Å². The average Bonchev–Trinajstić information content (AvgIpc) is 3.55. The van der Waals surface area contributed by atoms with Gasteiger partial charge in [-0.1, -0.05) is 12.1 Å². The van der Waals surface area contributed by atoms with Gasteiger partial charge in [-0.05, 0) is 61.9 Å². The second-order valence-electron chi connectivity index (χ2n) is 9.36. The zero-order valence-electron chi connectivity index (χ0n) is 20.7. The summed E-state index contributed by atoms with van der Waals surface area (Å²) >= 11 is 0. The van der Waals surface area contributed by atoms with E-state index >= 15 is 0 Å². The molecule has 35 heavy (non-hydrogen) atoms. The van der Waals surface area contributed by atoms with Crippen LogP contribution in [-0.2, 0) is 13.1 Å². The SMILES string of the molecule is COc1ccc([C@@H](CCCn2ccnc2)N2Cc3c(cccc3N3CCCCC3)C2=O)cc1OC. The Morgan fingerprint density at radius 1 is 1.03 bits per heavy atom. The van der Waals surface area contributed by atoms with Gasteiger partial charge in [0.05, 0.1) is 26.6 Å². The summed E-state index contributed by atoms with van der Waals surface area (Å²) < 4.78 is 13.1. The number of aromatic nitrogens is 2. The summed E-state index contributed by atoms with van der Waals surface area (Å²) in [7, 11) is 3.29. The largest absolute Gasteiger partial charge is 0.493 e. The van der Waals surface area contributed by atoms with Crippen molar-refractivity contribution in [1.29, 1.82) is 0 Å². The lowest BCUT2D eigenvalue weighted by atomic mass is 9.99. The molecule has 1 aromatic heterocycles. The van der Waals surface area contributed by atoms with E-state index in [4.69, 9.17) is 9.47 Å². The number of ether oxygens (including phenoxy) is 2. The maximum absolute atomic E-state index is 13.8. The molecule has 2 aliphatic heterocycles. The van der Waals surface area contributed by atoms with E-state index in [9.17, 15) is 4.79 Å². The van der Waals surface area contributed by atoms with Crippen LogP contribution in [0.25, 0.3) is 0 Å². The smallest absolute Gasteiger partial charge is 0.255 e. The number of piperidine rings is 1. The number of fused-ring (bicyclic) bond motifs is 1. The molecule has 5 rings (SSSR count). The number of imidazole rings is 1. The minimum atomic E-state index is -0.0626. The molecule has 0 saturated carbocycles. The predicted octanol–water partition coefficient (Wildman–Crippen LogP) is 5.07. The number of anilines is 1. The van der Waals surface area contributed by atoms with Crippen LogP contribution in [0.15, 0.2) is 55.1 Å². The molecule has 0 N–H and O–H groups in total. The van der Waals surface area contributed by atoms with Crippen LogP contribution in [0.1, 0.15) is 59.6 Å². The van der Waals surface area contributed by atoms with Crippen molar-refractivity contribution in [1.82, 2.24) is 14.5 Å². The fourth-order valence-electron chi connectivity index (χ4n) is 5.47. The minimum absolute atomic E-state index is 0.0626. The van der Waals surface area contributed by atoms with Gasteiger partial charge in [0.2, 0.25) is 0 Å². The van der Waals surface area contributed by atoms with E-state index < -0.39 is 0 Å². The molecule has 0 bridgehead atoms. The Morgan fingerprint density at radius 2 is 1.86 bits per heavy atom. The Hall–Kier alpha value is -3.48. The molecule has 1 saturated heterocycles. The van der Waals surface area contributed by atoms with Crippen LogP contribution in [0, 0.1) is 0 Å². The molecule has 1 amide bonds. The van der Waals surface area contributed by atoms with Crippen LogP contribution in [-0.4, -0.2) is 47.7 Å². The molecule has 7 heteroatoms. The number of methoxy groups -OCH3 is 2. The van der Waals surface area contributed by atoms with Gasteiger partial charge in [0, 0.05) is 55.4 Å². The molecular weight excluding hydrogens is 440 g/mol. The number of carbonyl (C=O) groups is 1. The van der Waals surface area contributed by atoms with Gasteiger partial charge in [-0.15, -0.1) is 0 Å². The molecular formula is C28H34N4O3. The lowest BCUT2D eigenvalue weighted by Gasteiger charge is -2.31. The molecule has 0 unspecified atom stereocenters. The summed E-state index contributed by atoms with van der Waals surface area (Å²) in [4.78, 5) is 22.4. The number of amides is 1. The first kappa shape index (κ1) is 23.3. The topological polar surface area (TPSA) is 59.8 Å². The molecule has 1 fully saturated rings. The Labute approximate surface area is 207 Å². The van der Waals surface area contributed by atoms with Crippen molar-refractivity contribution in [2.24, 2.45) is 0 Å². The average molecular weight is 475 g/mol. The summed E-state index contributed by atoms with van der Waals surface area (Å²) in [5.74, 6) is 1.49. The second-order valence-corrected chi connectivity index (χ2v) is 9.36. The Kier molecular flexibility index (Phi) is 6.93. The van der Waals surface area contributed by atoms with Crippen molar-refractivity contribution in [2.45, 2.75) is 51.2 Å². The van der Waals surface area contributed by atoms with E-state index in [-0.39, 0.29) is 11.9 Å². The third-order valence-electron chi connectivity index (χ3n) is 7.29. The molecule has 184 valence electrons. The van der Waals surface area contributed by atoms with E-state index in [0.29, 0.717) is 18.0 Å². The Balaban J connectivity index is 1.45. The Morgan fingerprint density at radius 3 is 2.60 bits per heavy atom. The van der Waals surface area contributed by atoms with Crippen LogP contribution in [0.3, 0.4) is 0 Å². The highest BCUT2D eigenvalue weighted by atomic mass is 16.5. The van der Waals surface area contributed by atoms with E-state index in [1.54, 1.807) is 20.4 Å². The van der Waals surface area contributed by atoms with Gasteiger partial charge in [-0.25, -0.2) is 4.98 Å². The highest BCUT2D eigenvalue weighted by Crippen LogP contribution is 2.40. The van der Waals surface area contributed by atoms with Gasteiger partial charge in [0.1, 0.15) is 0 Å². The number of hydrogen-bond donors (Lipinski definition) is 0. The summed E-state index contributed by atoms with van der Waals surface area (Å²) in [5, 5.41) is 0. The zero-order chi connectivity index (χ0) is 24.2. The molecule has 7 nitrogen and oxygen atoms in total. The van der Waals surface area contributed by atoms with Gasteiger partial charge in [-0.2, -0.15) is 0 Å². The van der Waals surface area contributed by atoms with E-state index in [1.165, 1.54) is 30.5 Å². The van der Waals surface area contributed by atoms with Gasteiger partial charge in [-0.3, -0.25) is 4.79 Å². The van der Waals surface area contributed by atoms with Crippen LogP contribution < -0.4 is 14.4 Å². The third kappa shape index (κ3) is 4.72. The molecule has 3 heterocycles. The maximum atomic E-state index is 13.8. The Bertz CT molecular complexity index is 1160. The van der Waals surface area contributed by atoms with Crippen LogP contribution in [0.2, 0.25) is 0 Å². The lowest BCUT2D eigenvalue weighted by Crippen LogP contribution is -2.31. The first-order valence-corrected chi connectivity index (χ1v) is 12.5. The summed E-state index contributed by atoms with van der Waals surface area (Å²) in [6, 6.07) is 12.2. The zero-order valence-corrected chi connectivity index (χ0v) is 20.7. The van der Waals surface area contributed by atoms with Crippen molar-refractivity contribution < 1.29 is 14.3 Å². The van der Waals surface area contributed by atoms with Crippen molar-refractivity contribution in [3.05, 3.63) is 71.8 Å². The number of benzene rings is 2. The van der Waals surface area contributed by atoms with Crippen molar-refractivity contribution in [3.63, 3.8) is 0 Å². The highest BCUT2D eigenvalue weighted by Gasteiger charge is 2.36. The summed E-state index contributed by atoms with van der Waals surface area (Å²) in [6.07, 6.45) is 11.1. The number of carbonyl (C=O) groups excluding carboxylic acids is 1. The molecule has 2 aromatic carbocycles. The number of aryl methyl sites for hydroxylation is 1. The number of nitrogens with zero attached hydrogens (tertiary/aromatic N) is 4. The number of rotatable bonds is 9. The molecule has 0 aliphatic carbocycles. The monoisotopic (exact) mass is 474 g/mol. The van der Waals surface area contributed by atoms with Gasteiger partial charge >= 0.3 is 0 Å². The molecule has 3 aromatic rings. The minimum Gasteiger partial charge on any atom is -0.493 e.